The summed E-state index contributed by atoms with van der Waals surface area (Å²) < 4.78 is 32.1. The normalized spacial score (nSPS) is 12.7. The van der Waals surface area contributed by atoms with Crippen molar-refractivity contribution in [2.75, 3.05) is 19.5 Å². The van der Waals surface area contributed by atoms with Gasteiger partial charge in [0.25, 0.3) is 0 Å². The summed E-state index contributed by atoms with van der Waals surface area (Å²) >= 11 is 5.92. The molecule has 0 spiro atoms. The van der Waals surface area contributed by atoms with Crippen LogP contribution in [0.15, 0.2) is 17.0 Å². The minimum absolute atomic E-state index is 0.0936. The molecule has 0 aliphatic rings. The van der Waals surface area contributed by atoms with Gasteiger partial charge in [0, 0.05) is 7.11 Å². The zero-order chi connectivity index (χ0) is 14.8. The van der Waals surface area contributed by atoms with Crippen molar-refractivity contribution in [3.63, 3.8) is 0 Å². The number of methoxy groups -OCH3 is 1. The van der Waals surface area contributed by atoms with Crippen LogP contribution >= 0.6 is 11.6 Å². The van der Waals surface area contributed by atoms with Crippen LogP contribution in [0.5, 0.6) is 0 Å². The predicted octanol–water partition coefficient (Wildman–Crippen LogP) is 1.93. The van der Waals surface area contributed by atoms with Crippen LogP contribution in [0.3, 0.4) is 0 Å². The Bertz CT molecular complexity index is 547. The summed E-state index contributed by atoms with van der Waals surface area (Å²) in [5, 5.41) is 0.370. The second-order valence-electron chi connectivity index (χ2n) is 5.07. The molecular weight excluding hydrogens is 288 g/mol. The Kier molecular flexibility index (Phi) is 4.84. The second kappa shape index (κ2) is 5.66. The smallest absolute Gasteiger partial charge is 0.241 e. The molecule has 1 aromatic rings. The molecule has 0 bridgehead atoms. The van der Waals surface area contributed by atoms with Crippen LogP contribution in [-0.2, 0) is 14.8 Å². The fourth-order valence-electron chi connectivity index (χ4n) is 1.73. The van der Waals surface area contributed by atoms with Crippen molar-refractivity contribution in [3.8, 4) is 0 Å². The number of sulfonamides is 1. The maximum Gasteiger partial charge on any atom is 0.241 e. The maximum atomic E-state index is 12.3. The first kappa shape index (κ1) is 16.2. The average Bonchev–Trinajstić information content (AvgIpc) is 2.23. The number of aryl methyl sites for hydroxylation is 1. The lowest BCUT2D eigenvalue weighted by Gasteiger charge is -2.25. The molecule has 0 atom stereocenters. The summed E-state index contributed by atoms with van der Waals surface area (Å²) in [5.41, 5.74) is 5.84. The number of hydrogen-bond acceptors (Lipinski definition) is 4. The van der Waals surface area contributed by atoms with E-state index in [1.54, 1.807) is 20.8 Å². The van der Waals surface area contributed by atoms with Gasteiger partial charge in [-0.05, 0) is 38.5 Å². The highest BCUT2D eigenvalue weighted by molar-refractivity contribution is 7.89. The van der Waals surface area contributed by atoms with Crippen molar-refractivity contribution in [2.45, 2.75) is 31.2 Å². The fourth-order valence-corrected chi connectivity index (χ4v) is 3.36. The fraction of sp³-hybridized carbons (Fsp3) is 0.500. The van der Waals surface area contributed by atoms with Gasteiger partial charge in [-0.3, -0.25) is 0 Å². The minimum Gasteiger partial charge on any atom is -0.397 e. The number of rotatable bonds is 5. The van der Waals surface area contributed by atoms with Gasteiger partial charge in [0.15, 0.2) is 0 Å². The second-order valence-corrected chi connectivity index (χ2v) is 7.13. The third-order valence-electron chi connectivity index (χ3n) is 2.48. The van der Waals surface area contributed by atoms with Crippen LogP contribution in [0.2, 0.25) is 5.02 Å². The first-order chi connectivity index (χ1) is 8.59. The van der Waals surface area contributed by atoms with Crippen LogP contribution in [0.4, 0.5) is 5.69 Å². The Balaban J connectivity index is 3.15. The number of nitrogen functional groups attached to an aromatic ring is 1. The van der Waals surface area contributed by atoms with Gasteiger partial charge >= 0.3 is 0 Å². The highest BCUT2D eigenvalue weighted by atomic mass is 35.5. The maximum absolute atomic E-state index is 12.3. The van der Waals surface area contributed by atoms with Gasteiger partial charge in [0.05, 0.1) is 27.8 Å². The van der Waals surface area contributed by atoms with Crippen molar-refractivity contribution < 1.29 is 13.2 Å². The summed E-state index contributed by atoms with van der Waals surface area (Å²) in [6, 6.07) is 2.84. The van der Waals surface area contributed by atoms with E-state index in [9.17, 15) is 8.42 Å². The van der Waals surface area contributed by atoms with E-state index in [1.807, 2.05) is 0 Å². The number of ether oxygens (including phenoxy) is 1. The topological polar surface area (TPSA) is 81.4 Å². The Morgan fingerprint density at radius 3 is 2.47 bits per heavy atom. The Hall–Kier alpha value is -0.820. The highest BCUT2D eigenvalue weighted by Gasteiger charge is 2.26. The minimum atomic E-state index is -3.67. The van der Waals surface area contributed by atoms with Crippen molar-refractivity contribution in [3.05, 3.63) is 22.7 Å². The molecule has 7 heteroatoms. The molecule has 0 amide bonds. The summed E-state index contributed by atoms with van der Waals surface area (Å²) in [7, 11) is -2.16. The number of nitrogens with two attached hydrogens (primary N) is 1. The van der Waals surface area contributed by atoms with E-state index in [0.29, 0.717) is 10.6 Å². The number of benzene rings is 1. The van der Waals surface area contributed by atoms with Gasteiger partial charge in [-0.1, -0.05) is 11.6 Å². The number of nitrogens with one attached hydrogen (secondary N) is 1. The highest BCUT2D eigenvalue weighted by Crippen LogP contribution is 2.27. The van der Waals surface area contributed by atoms with Gasteiger partial charge in [-0.15, -0.1) is 0 Å². The monoisotopic (exact) mass is 306 g/mol. The van der Waals surface area contributed by atoms with Crippen LogP contribution in [0.1, 0.15) is 19.4 Å². The lowest BCUT2D eigenvalue weighted by atomic mass is 10.1. The van der Waals surface area contributed by atoms with Crippen LogP contribution in [-0.4, -0.2) is 27.7 Å². The van der Waals surface area contributed by atoms with E-state index in [4.69, 9.17) is 22.1 Å². The van der Waals surface area contributed by atoms with Gasteiger partial charge < -0.3 is 10.5 Å². The molecule has 1 rings (SSSR count). The quantitative estimate of drug-likeness (QED) is 0.815. The Morgan fingerprint density at radius 1 is 1.42 bits per heavy atom. The van der Waals surface area contributed by atoms with Crippen molar-refractivity contribution in [1.82, 2.24) is 4.72 Å². The number of hydrogen-bond donors (Lipinski definition) is 2. The Labute approximate surface area is 119 Å². The first-order valence-corrected chi connectivity index (χ1v) is 7.54. The molecular formula is C12H19ClN2O3S. The summed E-state index contributed by atoms with van der Waals surface area (Å²) in [5.74, 6) is 0. The third-order valence-corrected chi connectivity index (χ3v) is 4.68. The van der Waals surface area contributed by atoms with Gasteiger partial charge in [-0.25, -0.2) is 13.1 Å². The molecule has 0 fully saturated rings. The van der Waals surface area contributed by atoms with Crippen LogP contribution in [0.25, 0.3) is 0 Å². The lowest BCUT2D eigenvalue weighted by molar-refractivity contribution is 0.141. The molecule has 1 aromatic carbocycles. The van der Waals surface area contributed by atoms with Crippen LogP contribution in [0, 0.1) is 6.92 Å². The number of anilines is 1. The van der Waals surface area contributed by atoms with Gasteiger partial charge in [0.1, 0.15) is 0 Å². The van der Waals surface area contributed by atoms with Crippen molar-refractivity contribution >= 4 is 27.3 Å². The SMILES string of the molecule is COCC(C)(C)NS(=O)(=O)c1cc(C)c(Cl)c(N)c1. The zero-order valence-electron chi connectivity index (χ0n) is 11.5. The molecule has 3 N–H and O–H groups in total. The first-order valence-electron chi connectivity index (χ1n) is 5.67. The van der Waals surface area contributed by atoms with Gasteiger partial charge in [0.2, 0.25) is 10.0 Å². The number of halogens is 1. The molecule has 0 aliphatic carbocycles. The molecule has 19 heavy (non-hydrogen) atoms. The molecule has 0 saturated heterocycles. The summed E-state index contributed by atoms with van der Waals surface area (Å²) in [6.07, 6.45) is 0. The molecule has 0 aromatic heterocycles. The van der Waals surface area contributed by atoms with Crippen molar-refractivity contribution in [2.24, 2.45) is 0 Å². The third kappa shape index (κ3) is 4.07. The Morgan fingerprint density at radius 2 is 2.00 bits per heavy atom. The van der Waals surface area contributed by atoms with E-state index in [0.717, 1.165) is 0 Å². The molecule has 0 radical (unpaired) electrons. The predicted molar refractivity (Wildman–Crippen MR) is 76.9 cm³/mol. The largest absolute Gasteiger partial charge is 0.397 e. The average molecular weight is 307 g/mol. The van der Waals surface area contributed by atoms with E-state index in [1.165, 1.54) is 19.2 Å². The van der Waals surface area contributed by atoms with E-state index < -0.39 is 15.6 Å². The van der Waals surface area contributed by atoms with E-state index in [2.05, 4.69) is 4.72 Å². The molecule has 0 saturated carbocycles. The molecule has 0 heterocycles. The summed E-state index contributed by atoms with van der Waals surface area (Å²) in [6.45, 7) is 5.44. The zero-order valence-corrected chi connectivity index (χ0v) is 13.0. The molecule has 5 nitrogen and oxygen atoms in total. The van der Waals surface area contributed by atoms with E-state index in [-0.39, 0.29) is 17.2 Å². The molecule has 0 aliphatic heterocycles. The summed E-state index contributed by atoms with van der Waals surface area (Å²) in [4.78, 5) is 0.0936. The molecule has 0 unspecified atom stereocenters. The lowest BCUT2D eigenvalue weighted by Crippen LogP contribution is -2.46. The molecule has 108 valence electrons. The van der Waals surface area contributed by atoms with Crippen LogP contribution < -0.4 is 10.5 Å². The van der Waals surface area contributed by atoms with E-state index >= 15 is 0 Å². The standard InChI is InChI=1S/C12H19ClN2O3S/c1-8-5-9(6-10(14)11(8)13)19(16,17)15-12(2,3)7-18-4/h5-6,15H,7,14H2,1-4H3. The van der Waals surface area contributed by atoms with Gasteiger partial charge in [-0.2, -0.15) is 0 Å². The van der Waals surface area contributed by atoms with Crippen molar-refractivity contribution in [1.29, 1.82) is 0 Å².